The second kappa shape index (κ2) is 5.79. The summed E-state index contributed by atoms with van der Waals surface area (Å²) in [5.74, 6) is -0.102. The Morgan fingerprint density at radius 2 is 1.96 bits per heavy atom. The lowest BCUT2D eigenvalue weighted by Crippen LogP contribution is -2.52. The molecule has 1 spiro atoms. The maximum absolute atomic E-state index is 13.0. The Balaban J connectivity index is 1.49. The minimum absolute atomic E-state index is 0.0252. The van der Waals surface area contributed by atoms with Crippen molar-refractivity contribution >= 4 is 17.5 Å². The van der Waals surface area contributed by atoms with Gasteiger partial charge in [0.25, 0.3) is 0 Å². The van der Waals surface area contributed by atoms with Gasteiger partial charge in [-0.05, 0) is 32.1 Å². The van der Waals surface area contributed by atoms with Crippen LogP contribution in [0.15, 0.2) is 18.7 Å². The Hall–Kier alpha value is -2.05. The average Bonchev–Trinajstić information content (AvgIpc) is 2.89. The normalized spacial score (nSPS) is 33.0. The highest BCUT2D eigenvalue weighted by Gasteiger charge is 2.51. The maximum atomic E-state index is 13.0. The molecule has 7 heteroatoms. The molecule has 0 N–H and O–H groups in total. The molecule has 0 radical (unpaired) electrons. The van der Waals surface area contributed by atoms with Crippen LogP contribution in [0.4, 0.5) is 10.1 Å². The summed E-state index contributed by atoms with van der Waals surface area (Å²) in [6.45, 7) is 1.77. The van der Waals surface area contributed by atoms with Crippen molar-refractivity contribution in [2.24, 2.45) is 11.3 Å². The molecule has 0 aromatic carbocycles. The molecule has 1 saturated carbocycles. The zero-order valence-corrected chi connectivity index (χ0v) is 13.5. The van der Waals surface area contributed by atoms with Crippen molar-refractivity contribution in [2.45, 2.75) is 38.3 Å². The van der Waals surface area contributed by atoms with Gasteiger partial charge < -0.3 is 9.80 Å². The highest BCUT2D eigenvalue weighted by atomic mass is 19.1. The van der Waals surface area contributed by atoms with Gasteiger partial charge in [0.1, 0.15) is 12.5 Å². The van der Waals surface area contributed by atoms with E-state index in [1.807, 2.05) is 0 Å². The number of carbonyl (C=O) groups excluding carboxylic acids is 2. The average molecular weight is 332 g/mol. The first-order chi connectivity index (χ1) is 11.6. The third kappa shape index (κ3) is 2.46. The molecule has 2 amide bonds. The first kappa shape index (κ1) is 15.5. The monoisotopic (exact) mass is 332 g/mol. The van der Waals surface area contributed by atoms with Gasteiger partial charge in [-0.3, -0.25) is 9.59 Å². The van der Waals surface area contributed by atoms with Crippen molar-refractivity contribution in [2.75, 3.05) is 24.5 Å². The van der Waals surface area contributed by atoms with E-state index in [1.54, 1.807) is 22.2 Å². The number of hydrogen-bond donors (Lipinski definition) is 0. The van der Waals surface area contributed by atoms with Gasteiger partial charge in [-0.2, -0.15) is 0 Å². The zero-order chi connectivity index (χ0) is 16.7. The molecule has 3 fully saturated rings. The third-order valence-electron chi connectivity index (χ3n) is 5.69. The standard InChI is InChI=1S/C17H21FN4O2/c18-13-6-12(7-13)15(23)21-4-1-2-17(10-21)3-5-22(16(17)24)14-8-19-11-20-9-14/h8-9,11-13H,1-7,10H2/t12?,13?,17-/m1/s1. The number of halogens is 1. The van der Waals surface area contributed by atoms with Crippen LogP contribution < -0.4 is 4.90 Å². The van der Waals surface area contributed by atoms with Crippen LogP contribution >= 0.6 is 0 Å². The maximum Gasteiger partial charge on any atom is 0.235 e. The summed E-state index contributed by atoms with van der Waals surface area (Å²) in [6, 6.07) is 0. The molecule has 1 aromatic rings. The van der Waals surface area contributed by atoms with Gasteiger partial charge >= 0.3 is 0 Å². The molecule has 2 aliphatic heterocycles. The number of anilines is 1. The van der Waals surface area contributed by atoms with Crippen LogP contribution in [0.25, 0.3) is 0 Å². The van der Waals surface area contributed by atoms with Crippen molar-refractivity contribution in [1.82, 2.24) is 14.9 Å². The highest BCUT2D eigenvalue weighted by Crippen LogP contribution is 2.42. The summed E-state index contributed by atoms with van der Waals surface area (Å²) in [7, 11) is 0. The summed E-state index contributed by atoms with van der Waals surface area (Å²) in [5.41, 5.74) is 0.213. The van der Waals surface area contributed by atoms with Crippen LogP contribution in [0.5, 0.6) is 0 Å². The zero-order valence-electron chi connectivity index (χ0n) is 13.5. The van der Waals surface area contributed by atoms with Crippen LogP contribution in [0, 0.1) is 11.3 Å². The van der Waals surface area contributed by atoms with E-state index in [0.717, 1.165) is 19.3 Å². The molecule has 3 aliphatic rings. The molecule has 128 valence electrons. The number of alkyl halides is 1. The van der Waals surface area contributed by atoms with Crippen LogP contribution in [-0.2, 0) is 9.59 Å². The number of carbonyl (C=O) groups is 2. The summed E-state index contributed by atoms with van der Waals surface area (Å²) >= 11 is 0. The van der Waals surface area contributed by atoms with Gasteiger partial charge in [-0.15, -0.1) is 0 Å². The molecule has 3 heterocycles. The molecule has 1 aliphatic carbocycles. The van der Waals surface area contributed by atoms with Crippen molar-refractivity contribution < 1.29 is 14.0 Å². The second-order valence-corrected chi connectivity index (χ2v) is 7.21. The number of amides is 2. The van der Waals surface area contributed by atoms with E-state index < -0.39 is 11.6 Å². The fraction of sp³-hybridized carbons (Fsp3) is 0.647. The van der Waals surface area contributed by atoms with Crippen LogP contribution in [0.3, 0.4) is 0 Å². The van der Waals surface area contributed by atoms with Crippen LogP contribution in [0.2, 0.25) is 0 Å². The Morgan fingerprint density at radius 3 is 2.67 bits per heavy atom. The minimum Gasteiger partial charge on any atom is -0.341 e. The lowest BCUT2D eigenvalue weighted by Gasteiger charge is -2.42. The molecular weight excluding hydrogens is 311 g/mol. The van der Waals surface area contributed by atoms with Crippen molar-refractivity contribution in [3.63, 3.8) is 0 Å². The lowest BCUT2D eigenvalue weighted by atomic mass is 9.76. The molecule has 6 nitrogen and oxygen atoms in total. The first-order valence-corrected chi connectivity index (χ1v) is 8.59. The Labute approximate surface area is 140 Å². The number of likely N-dealkylation sites (tertiary alicyclic amines) is 1. The van der Waals surface area contributed by atoms with Gasteiger partial charge in [0, 0.05) is 25.6 Å². The van der Waals surface area contributed by atoms with Gasteiger partial charge in [-0.25, -0.2) is 14.4 Å². The van der Waals surface area contributed by atoms with E-state index in [0.29, 0.717) is 38.2 Å². The highest BCUT2D eigenvalue weighted by molar-refractivity contribution is 6.00. The predicted molar refractivity (Wildman–Crippen MR) is 84.9 cm³/mol. The SMILES string of the molecule is O=C(C1CC(F)C1)N1CCC[C@@]2(CCN(c3cncnc3)C2=O)C1. The molecule has 0 bridgehead atoms. The van der Waals surface area contributed by atoms with E-state index in [9.17, 15) is 14.0 Å². The van der Waals surface area contributed by atoms with Crippen molar-refractivity contribution in [3.05, 3.63) is 18.7 Å². The molecule has 0 unspecified atom stereocenters. The molecule has 1 atom stereocenters. The number of aromatic nitrogens is 2. The van der Waals surface area contributed by atoms with Gasteiger partial charge in [0.15, 0.2) is 0 Å². The van der Waals surface area contributed by atoms with Gasteiger partial charge in [-0.1, -0.05) is 0 Å². The van der Waals surface area contributed by atoms with Gasteiger partial charge in [0.05, 0.1) is 23.5 Å². The van der Waals surface area contributed by atoms with Crippen molar-refractivity contribution in [1.29, 1.82) is 0 Å². The smallest absolute Gasteiger partial charge is 0.235 e. The van der Waals surface area contributed by atoms with Crippen molar-refractivity contribution in [3.8, 4) is 0 Å². The topological polar surface area (TPSA) is 66.4 Å². The molecular formula is C17H21FN4O2. The molecule has 2 saturated heterocycles. The predicted octanol–water partition coefficient (Wildman–Crippen LogP) is 1.57. The van der Waals surface area contributed by atoms with E-state index in [-0.39, 0.29) is 17.7 Å². The number of nitrogens with zero attached hydrogens (tertiary/aromatic N) is 4. The van der Waals surface area contributed by atoms with Gasteiger partial charge in [0.2, 0.25) is 11.8 Å². The largest absolute Gasteiger partial charge is 0.341 e. The lowest BCUT2D eigenvalue weighted by molar-refractivity contribution is -0.146. The molecule has 1 aromatic heterocycles. The second-order valence-electron chi connectivity index (χ2n) is 7.21. The third-order valence-corrected chi connectivity index (χ3v) is 5.69. The van der Waals surface area contributed by atoms with Crippen LogP contribution in [-0.4, -0.2) is 52.5 Å². The Bertz CT molecular complexity index is 649. The number of rotatable bonds is 2. The van der Waals surface area contributed by atoms with E-state index in [4.69, 9.17) is 0 Å². The summed E-state index contributed by atoms with van der Waals surface area (Å²) in [5, 5.41) is 0. The van der Waals surface area contributed by atoms with E-state index in [1.165, 1.54) is 6.33 Å². The quantitative estimate of drug-likeness (QED) is 0.824. The molecule has 24 heavy (non-hydrogen) atoms. The fourth-order valence-electron chi connectivity index (χ4n) is 4.20. The Morgan fingerprint density at radius 1 is 1.21 bits per heavy atom. The molecule has 4 rings (SSSR count). The van der Waals surface area contributed by atoms with E-state index in [2.05, 4.69) is 9.97 Å². The summed E-state index contributed by atoms with van der Waals surface area (Å²) in [6.07, 6.45) is 6.93. The Kier molecular flexibility index (Phi) is 3.73. The number of piperidine rings is 1. The van der Waals surface area contributed by atoms with E-state index >= 15 is 0 Å². The summed E-state index contributed by atoms with van der Waals surface area (Å²) in [4.78, 5) is 37.1. The van der Waals surface area contributed by atoms with Crippen LogP contribution in [0.1, 0.15) is 32.1 Å². The minimum atomic E-state index is -0.834. The summed E-state index contributed by atoms with van der Waals surface area (Å²) < 4.78 is 13.0. The first-order valence-electron chi connectivity index (χ1n) is 8.59. The number of hydrogen-bond acceptors (Lipinski definition) is 4. The fourth-order valence-corrected chi connectivity index (χ4v) is 4.20.